The standard InChI is InChI=1S/C52H36Cl4N8O4.CHCl3.CH4O.Zn/c53-25-45(65)61-33-13-5-1-9-29(33)49-37-17-19-39(57-37)50(30-10-2-6-14-34(30)62-46(66)26-54)41-21-23-43(59-41)52(32-12-4-8-16-36(32)64-48(68)28-56)44-24-22-42(60-44)51(40-20-18-38(49)58-40)31-11-3-7-15-35(31)63-47(67)27-55;2-1(3)4;1-2;/h1-24H,25-28H2,(H,61,65)(H,62,66)(H,63,67)(H,64,68);1H;2H,1H3;. The molecule has 4 aromatic heterocycles. The Morgan fingerprint density at radius 3 is 0.693 bits per heavy atom. The Kier molecular flexibility index (Phi) is 21.5. The maximum Gasteiger partial charge on any atom is 0.246 e. The molecule has 8 bridgehead atoms. The number of benzene rings is 4. The van der Waals surface area contributed by atoms with Gasteiger partial charge in [-0.05, 0) is 118 Å². The molecule has 8 aromatic rings. The van der Waals surface area contributed by atoms with E-state index in [1.165, 1.54) is 0 Å². The number of aliphatic hydroxyl groups excluding tert-OH is 1. The minimum absolute atomic E-state index is 0. The van der Waals surface area contributed by atoms with E-state index in [4.69, 9.17) is 106 Å². The third-order valence-electron chi connectivity index (χ3n) is 11.0. The number of alkyl halides is 7. The van der Waals surface area contributed by atoms with Gasteiger partial charge < -0.3 is 25.0 Å². The molecule has 75 heavy (non-hydrogen) atoms. The SMILES string of the molecule is CO.ClC(Cl)Cl.O=C(CCl)Nc1ccccc1[C+]1c2ccc([n-]2)[C+](c2ccccc2NC(=O)CCl)c2ccc([n-]2)[C+](c2ccccc2NC(=O)CCl)c2ccc([n-]2)[C+](c2ccccc2NC(=O)CCl)c2ccc1[n-]2.[Zn]. The smallest absolute Gasteiger partial charge is 0.246 e. The Balaban J connectivity index is 0.00000125. The molecule has 0 saturated heterocycles. The molecule has 0 radical (unpaired) electrons. The van der Waals surface area contributed by atoms with Crippen molar-refractivity contribution in [1.29, 1.82) is 0 Å². The van der Waals surface area contributed by atoms with Gasteiger partial charge in [0.25, 0.3) is 0 Å². The molecule has 378 valence electrons. The molecule has 9 rings (SSSR count). The predicted octanol–water partition coefficient (Wildman–Crippen LogP) is 10.2. The molecule has 0 fully saturated rings. The number of nitrogens with one attached hydrogen (secondary N) is 4. The Labute approximate surface area is 480 Å². The van der Waals surface area contributed by atoms with Gasteiger partial charge in [0, 0.05) is 123 Å². The van der Waals surface area contributed by atoms with Crippen molar-refractivity contribution in [3.05, 3.63) is 237 Å². The van der Waals surface area contributed by atoms with Crippen LogP contribution >= 0.6 is 81.2 Å². The second kappa shape index (κ2) is 27.7. The van der Waals surface area contributed by atoms with Crippen molar-refractivity contribution in [3.63, 3.8) is 0 Å². The maximum atomic E-state index is 12.9. The van der Waals surface area contributed by atoms with Crippen LogP contribution in [0.4, 0.5) is 22.7 Å². The Morgan fingerprint density at radius 2 is 0.533 bits per heavy atom. The fourth-order valence-corrected chi connectivity index (χ4v) is 8.43. The summed E-state index contributed by atoms with van der Waals surface area (Å²) in [6, 6.07) is 44.1. The van der Waals surface area contributed by atoms with Gasteiger partial charge in [-0.1, -0.05) is 34.8 Å². The quantitative estimate of drug-likeness (QED) is 0.0450. The van der Waals surface area contributed by atoms with Gasteiger partial charge in [-0.2, -0.15) is 0 Å². The largest absolute Gasteiger partial charge is 0.628 e. The first-order chi connectivity index (χ1) is 35.9. The molecule has 13 nitrogen and oxygen atoms in total. The summed E-state index contributed by atoms with van der Waals surface area (Å²) in [6.45, 7) is 0. The topological polar surface area (TPSA) is 193 Å². The monoisotopic (exact) mass is 1190 g/mol. The number of rotatable bonds is 12. The van der Waals surface area contributed by atoms with Gasteiger partial charge in [0.1, 0.15) is 68.5 Å². The molecule has 4 amide bonds. The Bertz CT molecular complexity index is 2720. The second-order valence-corrected chi connectivity index (χ2v) is 18.6. The van der Waals surface area contributed by atoms with Crippen LogP contribution in [0.5, 0.6) is 0 Å². The molecule has 0 atom stereocenters. The summed E-state index contributed by atoms with van der Waals surface area (Å²) in [4.78, 5) is 72.7. The Morgan fingerprint density at radius 1 is 0.373 bits per heavy atom. The molecule has 5 heterocycles. The van der Waals surface area contributed by atoms with Crippen molar-refractivity contribution in [1.82, 2.24) is 19.9 Å². The van der Waals surface area contributed by atoms with Crippen molar-refractivity contribution >= 4 is 128 Å². The van der Waals surface area contributed by atoms with E-state index in [2.05, 4.69) is 21.3 Å². The van der Waals surface area contributed by atoms with Crippen LogP contribution in [-0.4, -0.2) is 63.7 Å². The molecule has 0 spiro atoms. The summed E-state index contributed by atoms with van der Waals surface area (Å²) in [5.74, 6) is -0.420. The fourth-order valence-electron chi connectivity index (χ4n) is 8.17. The summed E-state index contributed by atoms with van der Waals surface area (Å²) in [5.41, 5.74) is 8.31. The zero-order valence-corrected chi connectivity index (χ0v) is 47.7. The summed E-state index contributed by atoms with van der Waals surface area (Å²) in [6.07, 6.45) is 0. The van der Waals surface area contributed by atoms with Gasteiger partial charge in [0.15, 0.2) is 4.30 Å². The molecule has 0 unspecified atom stereocenters. The molecule has 4 aromatic carbocycles. The molecule has 0 aliphatic carbocycles. The van der Waals surface area contributed by atoms with Crippen LogP contribution in [0.1, 0.15) is 67.8 Å². The second-order valence-electron chi connectivity index (χ2n) is 15.5. The number of carbonyl (C=O) groups excluding carboxylic acids is 4. The van der Waals surface area contributed by atoms with E-state index < -0.39 is 27.9 Å². The van der Waals surface area contributed by atoms with Crippen molar-refractivity contribution in [2.45, 2.75) is 4.30 Å². The zero-order chi connectivity index (χ0) is 52.9. The molecule has 21 heteroatoms. The van der Waals surface area contributed by atoms with Crippen molar-refractivity contribution < 1.29 is 43.8 Å². The number of carbonyl (C=O) groups is 4. The van der Waals surface area contributed by atoms with E-state index in [1.54, 1.807) is 48.5 Å². The fraction of sp³-hybridized carbons (Fsp3) is 0.111. The predicted molar refractivity (Wildman–Crippen MR) is 294 cm³/mol. The van der Waals surface area contributed by atoms with Crippen LogP contribution in [0.3, 0.4) is 0 Å². The molecule has 1 aliphatic heterocycles. The summed E-state index contributed by atoms with van der Waals surface area (Å²) in [7, 11) is 1.00. The number of aromatic nitrogens is 4. The summed E-state index contributed by atoms with van der Waals surface area (Å²) < 4.78 is -0.750. The van der Waals surface area contributed by atoms with E-state index >= 15 is 0 Å². The zero-order valence-electron chi connectivity index (χ0n) is 39.5. The van der Waals surface area contributed by atoms with Gasteiger partial charge in [0.2, 0.25) is 23.6 Å². The average molecular weight is 1200 g/mol. The van der Waals surface area contributed by atoms with Gasteiger partial charge in [0.05, 0.1) is 0 Å². The first kappa shape index (κ1) is 58.2. The average Bonchev–Trinajstić information content (AvgIpc) is 4.27. The number of hydrogen-bond donors (Lipinski definition) is 5. The number of hydrogen-bond acceptors (Lipinski definition) is 5. The van der Waals surface area contributed by atoms with Crippen LogP contribution in [0.25, 0.3) is 0 Å². The third kappa shape index (κ3) is 13.9. The van der Waals surface area contributed by atoms with Gasteiger partial charge in [-0.3, -0.25) is 40.4 Å². The van der Waals surface area contributed by atoms with E-state index in [0.717, 1.165) is 7.11 Å². The maximum absolute atomic E-state index is 12.9. The van der Waals surface area contributed by atoms with E-state index in [9.17, 15) is 19.2 Å². The number of anilines is 4. The number of halogens is 7. The molecular weight excluding hydrogens is 1150 g/mol. The van der Waals surface area contributed by atoms with E-state index in [-0.39, 0.29) is 43.0 Å². The minimum Gasteiger partial charge on any atom is -0.628 e. The van der Waals surface area contributed by atoms with Crippen LogP contribution in [0.2, 0.25) is 0 Å². The van der Waals surface area contributed by atoms with Crippen LogP contribution < -0.4 is 41.2 Å². The van der Waals surface area contributed by atoms with Gasteiger partial charge in [-0.25, -0.2) is 0 Å². The van der Waals surface area contributed by atoms with E-state index in [0.29, 0.717) is 114 Å². The number of aliphatic hydroxyl groups is 1. The van der Waals surface area contributed by atoms with Gasteiger partial charge in [-0.15, -0.1) is 46.4 Å². The molecule has 1 aliphatic rings. The first-order valence-corrected chi connectivity index (χ1v) is 25.6. The normalized spacial score (nSPS) is 11.6. The molecule has 0 saturated carbocycles. The summed E-state index contributed by atoms with van der Waals surface area (Å²) in [5, 5.41) is 18.7. The number of amides is 4. The summed E-state index contributed by atoms with van der Waals surface area (Å²) >= 11 is 38.4. The van der Waals surface area contributed by atoms with Crippen LogP contribution in [0.15, 0.2) is 146 Å². The van der Waals surface area contributed by atoms with Gasteiger partial charge >= 0.3 is 0 Å². The van der Waals surface area contributed by atoms with Crippen molar-refractivity contribution in [2.75, 3.05) is 51.9 Å². The minimum atomic E-state index is -0.750. The number of nitrogens with zero attached hydrogens (tertiary/aromatic N) is 4. The van der Waals surface area contributed by atoms with E-state index in [1.807, 2.05) is 97.1 Å². The Hall–Kier alpha value is -6.03. The molecular formula is C54H41Cl7N8O5Zn. The first-order valence-electron chi connectivity index (χ1n) is 22.1. The van der Waals surface area contributed by atoms with Crippen LogP contribution in [-0.2, 0) is 38.7 Å². The van der Waals surface area contributed by atoms with Crippen molar-refractivity contribution in [3.8, 4) is 0 Å². The molecule has 5 N–H and O–H groups in total. The number of para-hydroxylation sites is 4. The third-order valence-corrected chi connectivity index (χ3v) is 11.9. The number of fused-ring (bicyclic) bond motifs is 8. The van der Waals surface area contributed by atoms with Crippen LogP contribution in [0, 0.1) is 23.7 Å². The van der Waals surface area contributed by atoms with Crippen molar-refractivity contribution in [2.24, 2.45) is 0 Å².